The van der Waals surface area contributed by atoms with Gasteiger partial charge in [-0.3, -0.25) is 9.59 Å². The number of fused-ring (bicyclic) bond motifs is 2. The number of carbonyl (C=O) groups excluding carboxylic acids is 2. The Hall–Kier alpha value is -4.27. The van der Waals surface area contributed by atoms with E-state index >= 15 is 4.39 Å². The molecule has 0 saturated heterocycles. The van der Waals surface area contributed by atoms with Crippen LogP contribution in [0.5, 0.6) is 11.5 Å². The van der Waals surface area contributed by atoms with Crippen LogP contribution in [0.15, 0.2) is 36.4 Å². The minimum atomic E-state index is -5.50. The van der Waals surface area contributed by atoms with Gasteiger partial charge in [-0.05, 0) is 50.2 Å². The lowest BCUT2D eigenvalue weighted by Gasteiger charge is -2.31. The van der Waals surface area contributed by atoms with Crippen molar-refractivity contribution in [3.8, 4) is 22.8 Å². The van der Waals surface area contributed by atoms with E-state index in [1.165, 1.54) is 32.2 Å². The molecule has 1 aliphatic rings. The highest BCUT2D eigenvalue weighted by atomic mass is 35.5. The Morgan fingerprint density at radius 1 is 1.15 bits per heavy atom. The molecule has 46 heavy (non-hydrogen) atoms. The summed E-state index contributed by atoms with van der Waals surface area (Å²) in [5.41, 5.74) is -2.06. The van der Waals surface area contributed by atoms with Gasteiger partial charge in [0, 0.05) is 22.1 Å². The molecule has 0 saturated carbocycles. The van der Waals surface area contributed by atoms with E-state index in [1.54, 1.807) is 6.92 Å². The van der Waals surface area contributed by atoms with Crippen molar-refractivity contribution in [1.29, 1.82) is 0 Å². The van der Waals surface area contributed by atoms with Crippen molar-refractivity contribution < 1.29 is 46.1 Å². The van der Waals surface area contributed by atoms with E-state index in [9.17, 15) is 32.3 Å². The molecule has 0 bridgehead atoms. The van der Waals surface area contributed by atoms with Crippen molar-refractivity contribution in [1.82, 2.24) is 15.3 Å². The molecule has 2 aromatic heterocycles. The normalized spacial score (nSPS) is 17.3. The zero-order valence-corrected chi connectivity index (χ0v) is 25.6. The van der Waals surface area contributed by atoms with Crippen molar-refractivity contribution >= 4 is 45.9 Å². The quantitative estimate of drug-likeness (QED) is 0.172. The number of rotatable bonds is 7. The first-order valence-corrected chi connectivity index (χ1v) is 14.0. The number of pyridine rings is 2. The monoisotopic (exact) mass is 684 g/mol. The second kappa shape index (κ2) is 11.5. The predicted octanol–water partition coefficient (Wildman–Crippen LogP) is 5.51. The molecule has 2 aromatic carbocycles. The molecule has 3 heterocycles. The fourth-order valence-electron chi connectivity index (χ4n) is 4.94. The molecular formula is C30H23Cl2F5N4O5. The number of halogens is 7. The Morgan fingerprint density at radius 2 is 1.85 bits per heavy atom. The first-order chi connectivity index (χ1) is 21.4. The number of nitrogens with two attached hydrogens (primary N) is 1. The van der Waals surface area contributed by atoms with Crippen molar-refractivity contribution in [2.45, 2.75) is 31.0 Å². The second-order valence-corrected chi connectivity index (χ2v) is 11.6. The third kappa shape index (κ3) is 5.33. The molecule has 5 rings (SSSR count). The molecule has 2 amide bonds. The predicted molar refractivity (Wildman–Crippen MR) is 157 cm³/mol. The number of hydrogen-bond donors (Lipinski definition) is 3. The van der Waals surface area contributed by atoms with Crippen LogP contribution in [-0.2, 0) is 15.8 Å². The highest BCUT2D eigenvalue weighted by molar-refractivity contribution is 6.32. The molecule has 0 aliphatic carbocycles. The molecule has 0 fully saturated rings. The molecule has 0 spiro atoms. The smallest absolute Gasteiger partial charge is 0.424 e. The summed E-state index contributed by atoms with van der Waals surface area (Å²) in [4.78, 5) is 33.8. The van der Waals surface area contributed by atoms with E-state index in [2.05, 4.69) is 15.3 Å². The average molecular weight is 685 g/mol. The maximum absolute atomic E-state index is 15.2. The number of primary amides is 1. The van der Waals surface area contributed by atoms with E-state index in [0.717, 1.165) is 18.2 Å². The minimum absolute atomic E-state index is 0.129. The van der Waals surface area contributed by atoms with Crippen LogP contribution in [0.2, 0.25) is 10.0 Å². The van der Waals surface area contributed by atoms with Crippen molar-refractivity contribution in [3.63, 3.8) is 0 Å². The molecule has 16 heteroatoms. The summed E-state index contributed by atoms with van der Waals surface area (Å²) in [7, 11) is 1.31. The van der Waals surface area contributed by atoms with Gasteiger partial charge in [-0.15, -0.1) is 0 Å². The first-order valence-electron chi connectivity index (χ1n) is 13.3. The van der Waals surface area contributed by atoms with Crippen LogP contribution < -0.4 is 20.5 Å². The lowest BCUT2D eigenvalue weighted by molar-refractivity contribution is -0.265. The Morgan fingerprint density at radius 3 is 2.48 bits per heavy atom. The van der Waals surface area contributed by atoms with Gasteiger partial charge in [-0.1, -0.05) is 23.2 Å². The Kier molecular flexibility index (Phi) is 8.28. The Labute approximate surface area is 267 Å². The molecular weight excluding hydrogens is 662 g/mol. The number of alkyl halides is 3. The van der Waals surface area contributed by atoms with Gasteiger partial charge in [0.05, 0.1) is 30.1 Å². The fraction of sp³-hybridized carbons (Fsp3) is 0.267. The third-order valence-electron chi connectivity index (χ3n) is 7.80. The van der Waals surface area contributed by atoms with Crippen molar-refractivity contribution in [2.75, 3.05) is 20.3 Å². The molecule has 242 valence electrons. The largest absolute Gasteiger partial charge is 0.494 e. The number of nitrogens with one attached hydrogen (secondary N) is 1. The third-order valence-corrected chi connectivity index (χ3v) is 8.53. The number of aromatic nitrogens is 2. The number of methoxy groups -OCH3 is 1. The maximum Gasteiger partial charge on any atom is 0.424 e. The summed E-state index contributed by atoms with van der Waals surface area (Å²) in [6.07, 6.45) is -5.50. The number of aliphatic hydroxyl groups is 1. The topological polar surface area (TPSA) is 137 Å². The highest BCUT2D eigenvalue weighted by Gasteiger charge is 2.58. The van der Waals surface area contributed by atoms with Crippen molar-refractivity contribution in [2.24, 2.45) is 5.73 Å². The number of aryl methyl sites for hydroxylation is 1. The average Bonchev–Trinajstić information content (AvgIpc) is 3.35. The van der Waals surface area contributed by atoms with Crippen LogP contribution in [-0.4, -0.2) is 53.3 Å². The van der Waals surface area contributed by atoms with E-state index in [1.807, 2.05) is 0 Å². The number of amides is 2. The molecule has 0 radical (unpaired) electrons. The summed E-state index contributed by atoms with van der Waals surface area (Å²) in [5, 5.41) is 12.9. The van der Waals surface area contributed by atoms with E-state index in [-0.39, 0.29) is 27.6 Å². The van der Waals surface area contributed by atoms with Crippen LogP contribution in [0.4, 0.5) is 22.0 Å². The number of hydrogen-bond acceptors (Lipinski definition) is 7. The van der Waals surface area contributed by atoms with Crippen LogP contribution in [0.3, 0.4) is 0 Å². The zero-order chi connectivity index (χ0) is 33.9. The minimum Gasteiger partial charge on any atom is -0.494 e. The van der Waals surface area contributed by atoms with Gasteiger partial charge in [-0.2, -0.15) is 13.2 Å². The highest BCUT2D eigenvalue weighted by Crippen LogP contribution is 2.48. The van der Waals surface area contributed by atoms with Crippen LogP contribution in [0.25, 0.3) is 22.2 Å². The van der Waals surface area contributed by atoms with Gasteiger partial charge < -0.3 is 25.6 Å². The number of carbonyl (C=O) groups is 2. The SMILES string of the molecule is COc1cc(C(=O)NC[C@](O)(c2cc3c(c(-c4ccc(F)c(Cl)c4F)n2)OC[C@]3(C)C(N)=O)C(F)(F)F)cc2cc(Cl)c(C)nc12. The van der Waals surface area contributed by atoms with Crippen LogP contribution in [0, 0.1) is 18.6 Å². The maximum atomic E-state index is 15.2. The molecule has 4 N–H and O–H groups in total. The lowest BCUT2D eigenvalue weighted by atomic mass is 9.81. The summed E-state index contributed by atoms with van der Waals surface area (Å²) in [5.74, 6) is -4.81. The second-order valence-electron chi connectivity index (χ2n) is 10.8. The molecule has 9 nitrogen and oxygen atoms in total. The Balaban J connectivity index is 1.63. The number of benzene rings is 2. The van der Waals surface area contributed by atoms with Crippen LogP contribution in [0.1, 0.15) is 34.2 Å². The summed E-state index contributed by atoms with van der Waals surface area (Å²) < 4.78 is 84.2. The molecule has 0 unspecified atom stereocenters. The standard InChI is InChI=1S/C30H23Cl2F5N4O5/c1-12-17(31)7-13-6-14(8-19(45-3)23(13)40-12)26(42)39-10-29(44,30(35,36)37)20-9-16-25(46-11-28(16,2)27(38)43)24(41-20)15-4-5-18(33)21(32)22(15)34/h4-9,44H,10-11H2,1-3H3,(H2,38,43)(H,39,42)/t28-,29-/m0/s1. The lowest BCUT2D eigenvalue weighted by Crippen LogP contribution is -2.51. The van der Waals surface area contributed by atoms with E-state index in [0.29, 0.717) is 16.6 Å². The fourth-order valence-corrected chi connectivity index (χ4v) is 5.27. The van der Waals surface area contributed by atoms with Gasteiger partial charge in [0.15, 0.2) is 5.82 Å². The van der Waals surface area contributed by atoms with E-state index in [4.69, 9.17) is 38.4 Å². The molecule has 4 aromatic rings. The van der Waals surface area contributed by atoms with Gasteiger partial charge in [-0.25, -0.2) is 18.7 Å². The van der Waals surface area contributed by atoms with Crippen LogP contribution >= 0.6 is 23.2 Å². The number of ether oxygens (including phenoxy) is 2. The van der Waals surface area contributed by atoms with Gasteiger partial charge in [0.2, 0.25) is 11.5 Å². The summed E-state index contributed by atoms with van der Waals surface area (Å²) in [6, 6.07) is 6.42. The summed E-state index contributed by atoms with van der Waals surface area (Å²) in [6.45, 7) is 0.965. The zero-order valence-electron chi connectivity index (χ0n) is 24.1. The summed E-state index contributed by atoms with van der Waals surface area (Å²) >= 11 is 11.9. The van der Waals surface area contributed by atoms with Gasteiger partial charge in [0.1, 0.15) is 45.6 Å². The number of nitrogens with zero attached hydrogens (tertiary/aromatic N) is 2. The van der Waals surface area contributed by atoms with E-state index < -0.39 is 75.8 Å². The van der Waals surface area contributed by atoms with Gasteiger partial charge >= 0.3 is 6.18 Å². The van der Waals surface area contributed by atoms with Gasteiger partial charge in [0.25, 0.3) is 5.91 Å². The first kappa shape index (κ1) is 33.1. The molecule has 1 aliphatic heterocycles. The Bertz CT molecular complexity index is 1940. The van der Waals surface area contributed by atoms with Crippen molar-refractivity contribution in [3.05, 3.63) is 80.6 Å². The molecule has 2 atom stereocenters.